The lowest BCUT2D eigenvalue weighted by Crippen LogP contribution is -2.37. The average molecular weight is 409 g/mol. The summed E-state index contributed by atoms with van der Waals surface area (Å²) in [6.07, 6.45) is 0. The zero-order valence-corrected chi connectivity index (χ0v) is 15.6. The second kappa shape index (κ2) is 8.12. The summed E-state index contributed by atoms with van der Waals surface area (Å²) in [5.41, 5.74) is 2.46. The van der Waals surface area contributed by atoms with Crippen molar-refractivity contribution < 1.29 is 14.6 Å². The lowest BCUT2D eigenvalue weighted by molar-refractivity contribution is -0.121. The molecule has 0 bridgehead atoms. The topological polar surface area (TPSA) is 70.6 Å². The van der Waals surface area contributed by atoms with Crippen LogP contribution in [0.2, 0.25) is 0 Å². The van der Waals surface area contributed by atoms with Gasteiger partial charge in [0.1, 0.15) is 11.5 Å². The number of halogens is 1. The third-order valence-electron chi connectivity index (χ3n) is 3.16. The van der Waals surface area contributed by atoms with Gasteiger partial charge >= 0.3 is 0 Å². The van der Waals surface area contributed by atoms with Gasteiger partial charge in [0.15, 0.2) is 11.7 Å². The molecule has 3 N–H and O–H groups in total. The molecule has 0 saturated carbocycles. The number of phenolic OH excluding ortho intramolecular Hbond substituents is 1. The second-order valence-electron chi connectivity index (χ2n) is 5.23. The Bertz CT molecular complexity index is 740. The number of phenols is 1. The highest BCUT2D eigenvalue weighted by molar-refractivity contribution is 9.10. The van der Waals surface area contributed by atoms with E-state index in [4.69, 9.17) is 17.0 Å². The molecule has 0 spiro atoms. The normalized spacial score (nSPS) is 10.1. The van der Waals surface area contributed by atoms with Gasteiger partial charge in [0, 0.05) is 5.69 Å². The molecule has 0 unspecified atom stereocenters. The van der Waals surface area contributed by atoms with Crippen molar-refractivity contribution in [2.45, 2.75) is 13.8 Å². The molecule has 126 valence electrons. The van der Waals surface area contributed by atoms with E-state index in [-0.39, 0.29) is 23.4 Å². The van der Waals surface area contributed by atoms with E-state index < -0.39 is 0 Å². The van der Waals surface area contributed by atoms with Crippen molar-refractivity contribution in [3.63, 3.8) is 0 Å². The average Bonchev–Trinajstić information content (AvgIpc) is 2.52. The van der Waals surface area contributed by atoms with Crippen molar-refractivity contribution in [2.75, 3.05) is 11.9 Å². The molecule has 5 nitrogen and oxygen atoms in total. The molecule has 0 aromatic heterocycles. The molecule has 0 aliphatic heterocycles. The van der Waals surface area contributed by atoms with Crippen LogP contribution in [0.4, 0.5) is 5.69 Å². The maximum atomic E-state index is 11.9. The summed E-state index contributed by atoms with van der Waals surface area (Å²) in [5.74, 6) is 0.428. The van der Waals surface area contributed by atoms with E-state index in [1.165, 1.54) is 0 Å². The summed E-state index contributed by atoms with van der Waals surface area (Å²) < 4.78 is 5.93. The van der Waals surface area contributed by atoms with Crippen LogP contribution < -0.4 is 15.4 Å². The largest absolute Gasteiger partial charge is 0.506 e. The van der Waals surface area contributed by atoms with E-state index in [0.717, 1.165) is 5.56 Å². The zero-order valence-electron chi connectivity index (χ0n) is 13.2. The molecule has 0 fully saturated rings. The molecule has 0 saturated heterocycles. The molecule has 24 heavy (non-hydrogen) atoms. The van der Waals surface area contributed by atoms with Crippen LogP contribution in [-0.2, 0) is 4.79 Å². The first kappa shape index (κ1) is 18.2. The Hall–Kier alpha value is -2.12. The quantitative estimate of drug-likeness (QED) is 0.531. The van der Waals surface area contributed by atoms with Crippen molar-refractivity contribution in [2.24, 2.45) is 0 Å². The van der Waals surface area contributed by atoms with Crippen molar-refractivity contribution >= 4 is 44.9 Å². The fourth-order valence-corrected chi connectivity index (χ4v) is 2.71. The highest BCUT2D eigenvalue weighted by atomic mass is 79.9. The number of aryl methyl sites for hydroxylation is 2. The van der Waals surface area contributed by atoms with Gasteiger partial charge in [-0.2, -0.15) is 0 Å². The Morgan fingerprint density at radius 3 is 2.54 bits per heavy atom. The molecule has 2 rings (SSSR count). The Morgan fingerprint density at radius 1 is 1.25 bits per heavy atom. The monoisotopic (exact) mass is 408 g/mol. The van der Waals surface area contributed by atoms with Gasteiger partial charge in [0.2, 0.25) is 0 Å². The number of benzene rings is 2. The fraction of sp³-hybridized carbons (Fsp3) is 0.176. The number of thiocarbonyl (C=S) groups is 1. The van der Waals surface area contributed by atoms with Crippen LogP contribution in [0.5, 0.6) is 11.5 Å². The number of rotatable bonds is 4. The number of anilines is 1. The Morgan fingerprint density at radius 2 is 1.92 bits per heavy atom. The first-order chi connectivity index (χ1) is 11.3. The van der Waals surface area contributed by atoms with Crippen LogP contribution >= 0.6 is 28.1 Å². The van der Waals surface area contributed by atoms with Crippen LogP contribution in [-0.4, -0.2) is 22.7 Å². The maximum Gasteiger partial charge on any atom is 0.264 e. The van der Waals surface area contributed by atoms with Gasteiger partial charge in [0.05, 0.1) is 4.47 Å². The predicted molar refractivity (Wildman–Crippen MR) is 102 cm³/mol. The summed E-state index contributed by atoms with van der Waals surface area (Å²) >= 11 is 8.36. The molecular formula is C17H17BrN2O3S. The minimum Gasteiger partial charge on any atom is -0.506 e. The summed E-state index contributed by atoms with van der Waals surface area (Å²) in [5, 5.41) is 15.3. The third kappa shape index (κ3) is 5.21. The highest BCUT2D eigenvalue weighted by Gasteiger charge is 2.09. The number of carbonyl (C=O) groups is 1. The summed E-state index contributed by atoms with van der Waals surface area (Å²) in [7, 11) is 0. The molecule has 0 aliphatic carbocycles. The zero-order chi connectivity index (χ0) is 17.7. The van der Waals surface area contributed by atoms with Gasteiger partial charge < -0.3 is 15.2 Å². The molecule has 7 heteroatoms. The number of hydrogen-bond acceptors (Lipinski definition) is 4. The second-order valence-corrected chi connectivity index (χ2v) is 6.49. The number of carbonyl (C=O) groups excluding carboxylic acids is 1. The molecule has 0 atom stereocenters. The van der Waals surface area contributed by atoms with E-state index in [2.05, 4.69) is 26.6 Å². The van der Waals surface area contributed by atoms with Gasteiger partial charge in [0.25, 0.3) is 5.91 Å². The summed E-state index contributed by atoms with van der Waals surface area (Å²) in [4.78, 5) is 11.9. The first-order valence-electron chi connectivity index (χ1n) is 7.14. The third-order valence-corrected chi connectivity index (χ3v) is 3.96. The molecular weight excluding hydrogens is 392 g/mol. The van der Waals surface area contributed by atoms with Gasteiger partial charge in [-0.15, -0.1) is 0 Å². The molecule has 0 heterocycles. The van der Waals surface area contributed by atoms with Crippen LogP contribution in [0.1, 0.15) is 11.1 Å². The Balaban J connectivity index is 1.85. The molecule has 2 aromatic rings. The van der Waals surface area contributed by atoms with Crippen LogP contribution in [0.3, 0.4) is 0 Å². The maximum absolute atomic E-state index is 11.9. The van der Waals surface area contributed by atoms with E-state index in [0.29, 0.717) is 21.5 Å². The fourth-order valence-electron chi connectivity index (χ4n) is 1.92. The van der Waals surface area contributed by atoms with Gasteiger partial charge in [-0.1, -0.05) is 17.7 Å². The lowest BCUT2D eigenvalue weighted by Gasteiger charge is -2.12. The Labute approximate surface area is 154 Å². The van der Waals surface area contributed by atoms with E-state index in [9.17, 15) is 9.90 Å². The van der Waals surface area contributed by atoms with Gasteiger partial charge in [-0.25, -0.2) is 0 Å². The van der Waals surface area contributed by atoms with Crippen molar-refractivity contribution in [3.05, 3.63) is 52.0 Å². The summed E-state index contributed by atoms with van der Waals surface area (Å²) in [6, 6.07) is 10.8. The van der Waals surface area contributed by atoms with Crippen molar-refractivity contribution in [3.8, 4) is 11.5 Å². The van der Waals surface area contributed by atoms with Crippen molar-refractivity contribution in [1.82, 2.24) is 5.32 Å². The SMILES string of the molecule is Cc1ccc(OCC(=O)NC(=S)Nc2cc(C)c(O)c(Br)c2)cc1. The molecule has 1 amide bonds. The molecule has 0 aliphatic rings. The number of amides is 1. The van der Waals surface area contributed by atoms with Crippen LogP contribution in [0.25, 0.3) is 0 Å². The standard InChI is InChI=1S/C17H17BrN2O3S/c1-10-3-5-13(6-4-10)23-9-15(21)20-17(24)19-12-7-11(2)16(22)14(18)8-12/h3-8,22H,9H2,1-2H3,(H2,19,20,21,24). The number of nitrogens with one attached hydrogen (secondary N) is 2. The summed E-state index contributed by atoms with van der Waals surface area (Å²) in [6.45, 7) is 3.61. The lowest BCUT2D eigenvalue weighted by atomic mass is 10.2. The predicted octanol–water partition coefficient (Wildman–Crippen LogP) is 3.66. The van der Waals surface area contributed by atoms with E-state index in [1.54, 1.807) is 31.2 Å². The first-order valence-corrected chi connectivity index (χ1v) is 8.34. The van der Waals surface area contributed by atoms with Gasteiger partial charge in [-0.3, -0.25) is 10.1 Å². The molecule has 0 radical (unpaired) electrons. The smallest absolute Gasteiger partial charge is 0.264 e. The van der Waals surface area contributed by atoms with Crippen molar-refractivity contribution in [1.29, 1.82) is 0 Å². The number of aromatic hydroxyl groups is 1. The van der Waals surface area contributed by atoms with E-state index >= 15 is 0 Å². The Kier molecular flexibility index (Phi) is 6.16. The van der Waals surface area contributed by atoms with Crippen LogP contribution in [0.15, 0.2) is 40.9 Å². The molecule has 2 aromatic carbocycles. The minimum atomic E-state index is -0.359. The minimum absolute atomic E-state index is 0.136. The number of hydrogen-bond donors (Lipinski definition) is 3. The number of ether oxygens (including phenoxy) is 1. The van der Waals surface area contributed by atoms with Crippen LogP contribution in [0, 0.1) is 13.8 Å². The highest BCUT2D eigenvalue weighted by Crippen LogP contribution is 2.30. The van der Waals surface area contributed by atoms with Gasteiger partial charge in [-0.05, 0) is 71.8 Å². The van der Waals surface area contributed by atoms with E-state index in [1.807, 2.05) is 19.1 Å².